The highest BCUT2D eigenvalue weighted by Crippen LogP contribution is 2.05. The number of hydrogen-bond acceptors (Lipinski definition) is 2. The van der Waals surface area contributed by atoms with Crippen LogP contribution in [0.1, 0.15) is 20.3 Å². The molecular weight excluding hydrogens is 154 g/mol. The van der Waals surface area contributed by atoms with Crippen LogP contribution in [0.4, 0.5) is 0 Å². The monoisotopic (exact) mass is 169 g/mol. The van der Waals surface area contributed by atoms with Crippen LogP contribution in [0.15, 0.2) is 23.8 Å². The molecule has 0 bridgehead atoms. The Hall–Kier alpha value is -1.09. The van der Waals surface area contributed by atoms with Crippen molar-refractivity contribution < 1.29 is 9.90 Å². The molecule has 0 aliphatic carbocycles. The molecule has 0 amide bonds. The van der Waals surface area contributed by atoms with E-state index in [4.69, 9.17) is 10.8 Å². The van der Waals surface area contributed by atoms with Crippen molar-refractivity contribution in [1.29, 1.82) is 0 Å². The SMILES string of the molecule is C/C=C\C(=C/C)C[C@H](N)C(=O)O. The summed E-state index contributed by atoms with van der Waals surface area (Å²) in [5.41, 5.74) is 6.30. The van der Waals surface area contributed by atoms with Gasteiger partial charge in [-0.3, -0.25) is 4.79 Å². The van der Waals surface area contributed by atoms with Gasteiger partial charge in [-0.2, -0.15) is 0 Å². The molecule has 0 heterocycles. The fraction of sp³-hybridized carbons (Fsp3) is 0.444. The number of nitrogens with two attached hydrogens (primary N) is 1. The van der Waals surface area contributed by atoms with Crippen molar-refractivity contribution in [3.8, 4) is 0 Å². The zero-order valence-electron chi connectivity index (χ0n) is 7.45. The van der Waals surface area contributed by atoms with Gasteiger partial charge in [0.1, 0.15) is 6.04 Å². The minimum Gasteiger partial charge on any atom is -0.480 e. The molecule has 3 heteroatoms. The lowest BCUT2D eigenvalue weighted by atomic mass is 10.1. The molecule has 68 valence electrons. The first kappa shape index (κ1) is 10.9. The average Bonchev–Trinajstić information content (AvgIpc) is 2.03. The highest BCUT2D eigenvalue weighted by molar-refractivity contribution is 5.73. The van der Waals surface area contributed by atoms with Gasteiger partial charge in [0.25, 0.3) is 0 Å². The van der Waals surface area contributed by atoms with Gasteiger partial charge >= 0.3 is 5.97 Å². The van der Waals surface area contributed by atoms with Crippen LogP contribution in [0.3, 0.4) is 0 Å². The van der Waals surface area contributed by atoms with Crippen LogP contribution in [-0.2, 0) is 4.79 Å². The Kier molecular flexibility index (Phi) is 5.04. The third-order valence-corrected chi connectivity index (χ3v) is 1.52. The molecule has 3 nitrogen and oxygen atoms in total. The summed E-state index contributed by atoms with van der Waals surface area (Å²) in [5.74, 6) is -0.959. The summed E-state index contributed by atoms with van der Waals surface area (Å²) in [5, 5.41) is 8.52. The van der Waals surface area contributed by atoms with Crippen molar-refractivity contribution in [2.24, 2.45) is 5.73 Å². The molecule has 0 spiro atoms. The average molecular weight is 169 g/mol. The molecule has 12 heavy (non-hydrogen) atoms. The van der Waals surface area contributed by atoms with E-state index in [1.165, 1.54) is 0 Å². The molecule has 3 N–H and O–H groups in total. The Morgan fingerprint density at radius 2 is 2.17 bits per heavy atom. The maximum absolute atomic E-state index is 10.4. The van der Waals surface area contributed by atoms with E-state index in [-0.39, 0.29) is 0 Å². The fourth-order valence-electron chi connectivity index (χ4n) is 0.837. The van der Waals surface area contributed by atoms with Gasteiger partial charge < -0.3 is 10.8 Å². The molecule has 0 aromatic heterocycles. The molecule has 0 fully saturated rings. The number of hydrogen-bond donors (Lipinski definition) is 2. The van der Waals surface area contributed by atoms with Gasteiger partial charge in [-0.15, -0.1) is 0 Å². The van der Waals surface area contributed by atoms with Crippen LogP contribution in [0.25, 0.3) is 0 Å². The molecule has 0 rings (SSSR count). The van der Waals surface area contributed by atoms with Gasteiger partial charge in [0.2, 0.25) is 0 Å². The van der Waals surface area contributed by atoms with Crippen molar-refractivity contribution in [3.63, 3.8) is 0 Å². The third kappa shape index (κ3) is 3.93. The number of carbonyl (C=O) groups is 1. The van der Waals surface area contributed by atoms with Crippen molar-refractivity contribution in [1.82, 2.24) is 0 Å². The first-order chi connectivity index (χ1) is 5.61. The molecule has 0 saturated heterocycles. The van der Waals surface area contributed by atoms with Gasteiger partial charge in [-0.05, 0) is 20.3 Å². The van der Waals surface area contributed by atoms with Gasteiger partial charge in [-0.1, -0.05) is 23.8 Å². The number of carboxylic acids is 1. The van der Waals surface area contributed by atoms with Gasteiger partial charge in [-0.25, -0.2) is 0 Å². The first-order valence-electron chi connectivity index (χ1n) is 3.88. The summed E-state index contributed by atoms with van der Waals surface area (Å²) in [6, 6.07) is -0.799. The van der Waals surface area contributed by atoms with Crippen molar-refractivity contribution in [2.75, 3.05) is 0 Å². The second-order valence-electron chi connectivity index (χ2n) is 2.51. The third-order valence-electron chi connectivity index (χ3n) is 1.52. The molecule has 0 aliphatic heterocycles. The molecule has 0 saturated carbocycles. The second-order valence-corrected chi connectivity index (χ2v) is 2.51. The lowest BCUT2D eigenvalue weighted by Crippen LogP contribution is -2.30. The largest absolute Gasteiger partial charge is 0.480 e. The molecule has 0 unspecified atom stereocenters. The summed E-state index contributed by atoms with van der Waals surface area (Å²) >= 11 is 0. The normalized spacial score (nSPS) is 15.1. The highest BCUT2D eigenvalue weighted by atomic mass is 16.4. The van der Waals surface area contributed by atoms with Crippen LogP contribution < -0.4 is 5.73 Å². The van der Waals surface area contributed by atoms with Crippen LogP contribution >= 0.6 is 0 Å². The van der Waals surface area contributed by atoms with E-state index in [1.54, 1.807) is 0 Å². The standard InChI is InChI=1S/C9H15NO2/c1-3-5-7(4-2)6-8(10)9(11)12/h3-5,8H,6,10H2,1-2H3,(H,11,12)/b5-3-,7-4+/t8-/m0/s1. The van der Waals surface area contributed by atoms with Crippen LogP contribution in [0.5, 0.6) is 0 Å². The molecule has 0 aromatic rings. The maximum Gasteiger partial charge on any atom is 0.320 e. The van der Waals surface area contributed by atoms with E-state index in [0.717, 1.165) is 5.57 Å². The predicted octanol–water partition coefficient (Wildman–Crippen LogP) is 1.31. The Bertz CT molecular complexity index is 207. The van der Waals surface area contributed by atoms with Gasteiger partial charge in [0.05, 0.1) is 0 Å². The summed E-state index contributed by atoms with van der Waals surface area (Å²) in [6.45, 7) is 3.75. The fourth-order valence-corrected chi connectivity index (χ4v) is 0.837. The second kappa shape index (κ2) is 5.55. The topological polar surface area (TPSA) is 63.3 Å². The van der Waals surface area contributed by atoms with E-state index in [2.05, 4.69) is 0 Å². The van der Waals surface area contributed by atoms with Crippen LogP contribution in [-0.4, -0.2) is 17.1 Å². The Balaban J connectivity index is 4.13. The lowest BCUT2D eigenvalue weighted by Gasteiger charge is -2.05. The van der Waals surface area contributed by atoms with Crippen molar-refractivity contribution in [3.05, 3.63) is 23.8 Å². The molecule has 0 radical (unpaired) electrons. The smallest absolute Gasteiger partial charge is 0.320 e. The molecule has 0 aliphatic rings. The summed E-state index contributed by atoms with van der Waals surface area (Å²) in [6.07, 6.45) is 5.98. The van der Waals surface area contributed by atoms with Crippen molar-refractivity contribution in [2.45, 2.75) is 26.3 Å². The zero-order chi connectivity index (χ0) is 9.56. The van der Waals surface area contributed by atoms with Crippen LogP contribution in [0.2, 0.25) is 0 Å². The van der Waals surface area contributed by atoms with E-state index >= 15 is 0 Å². The van der Waals surface area contributed by atoms with Gasteiger partial charge in [0.15, 0.2) is 0 Å². The number of aliphatic carboxylic acids is 1. The summed E-state index contributed by atoms with van der Waals surface area (Å²) < 4.78 is 0. The highest BCUT2D eigenvalue weighted by Gasteiger charge is 2.11. The molecule has 1 atom stereocenters. The quantitative estimate of drug-likeness (QED) is 0.624. The maximum atomic E-state index is 10.4. The van der Waals surface area contributed by atoms with Crippen molar-refractivity contribution >= 4 is 5.97 Å². The zero-order valence-corrected chi connectivity index (χ0v) is 7.45. The summed E-state index contributed by atoms with van der Waals surface area (Å²) in [7, 11) is 0. The van der Waals surface area contributed by atoms with Gasteiger partial charge in [0, 0.05) is 0 Å². The minimum atomic E-state index is -0.959. The van der Waals surface area contributed by atoms with E-state index in [1.807, 2.05) is 32.1 Å². The van der Waals surface area contributed by atoms with E-state index in [9.17, 15) is 4.79 Å². The number of rotatable bonds is 4. The van der Waals surface area contributed by atoms with E-state index in [0.29, 0.717) is 6.42 Å². The molecule has 0 aromatic carbocycles. The minimum absolute atomic E-state index is 0.385. The Labute approximate surface area is 72.6 Å². The number of carboxylic acid groups (broad SMARTS) is 1. The lowest BCUT2D eigenvalue weighted by molar-refractivity contribution is -0.138. The van der Waals surface area contributed by atoms with E-state index < -0.39 is 12.0 Å². The summed E-state index contributed by atoms with van der Waals surface area (Å²) in [4.78, 5) is 10.4. The predicted molar refractivity (Wildman–Crippen MR) is 48.8 cm³/mol. The molecular formula is C9H15NO2. The Morgan fingerprint density at radius 1 is 1.58 bits per heavy atom. The first-order valence-corrected chi connectivity index (χ1v) is 3.88. The van der Waals surface area contributed by atoms with Crippen LogP contribution in [0, 0.1) is 0 Å². The number of allylic oxidation sites excluding steroid dienone is 3. The Morgan fingerprint density at radius 3 is 2.50 bits per heavy atom.